The molecule has 22 heavy (non-hydrogen) atoms. The summed E-state index contributed by atoms with van der Waals surface area (Å²) in [4.78, 5) is 10.8. The maximum Gasteiger partial charge on any atom is 0.149 e. The monoisotopic (exact) mass is 303 g/mol. The predicted octanol–water partition coefficient (Wildman–Crippen LogP) is 3.41. The maximum atomic E-state index is 14.0. The van der Waals surface area contributed by atoms with Crippen LogP contribution in [0.5, 0.6) is 0 Å². The fourth-order valence-electron chi connectivity index (χ4n) is 3.38. The zero-order valence-electron chi connectivity index (χ0n) is 13.1. The summed E-state index contributed by atoms with van der Waals surface area (Å²) >= 11 is 0. The maximum absolute atomic E-state index is 14.0. The first-order chi connectivity index (χ1) is 10.7. The molecule has 1 heterocycles. The van der Waals surface area contributed by atoms with Crippen LogP contribution in [0.1, 0.15) is 26.2 Å². The number of aromatic nitrogens is 2. The number of fused-ring (bicyclic) bond motifs is 1. The van der Waals surface area contributed by atoms with Gasteiger partial charge in [0.25, 0.3) is 0 Å². The molecule has 2 unspecified atom stereocenters. The number of ether oxygens (including phenoxy) is 1. The van der Waals surface area contributed by atoms with Gasteiger partial charge in [-0.2, -0.15) is 0 Å². The molecule has 0 aliphatic heterocycles. The fraction of sp³-hybridized carbons (Fsp3) is 0.529. The van der Waals surface area contributed by atoms with Crippen molar-refractivity contribution in [3.05, 3.63) is 30.3 Å². The van der Waals surface area contributed by atoms with E-state index in [0.29, 0.717) is 18.2 Å². The lowest BCUT2D eigenvalue weighted by Gasteiger charge is -2.30. The molecule has 1 aliphatic rings. The van der Waals surface area contributed by atoms with Gasteiger partial charge in [0.15, 0.2) is 0 Å². The number of rotatable bonds is 5. The summed E-state index contributed by atoms with van der Waals surface area (Å²) in [7, 11) is 1.70. The Hall–Kier alpha value is -1.75. The Kier molecular flexibility index (Phi) is 4.52. The highest BCUT2D eigenvalue weighted by Gasteiger charge is 2.28. The molecule has 2 atom stereocenters. The molecule has 1 aliphatic carbocycles. The Morgan fingerprint density at radius 3 is 2.91 bits per heavy atom. The van der Waals surface area contributed by atoms with Crippen molar-refractivity contribution < 1.29 is 9.13 Å². The minimum absolute atomic E-state index is 0.298. The number of nitrogens with zero attached hydrogens (tertiary/aromatic N) is 3. The summed E-state index contributed by atoms with van der Waals surface area (Å²) in [6, 6.07) is 5.49. The van der Waals surface area contributed by atoms with Crippen LogP contribution in [0, 0.1) is 11.7 Å². The first-order valence-electron chi connectivity index (χ1n) is 7.85. The second kappa shape index (κ2) is 6.57. The molecule has 0 amide bonds. The van der Waals surface area contributed by atoms with Crippen LogP contribution in [0.4, 0.5) is 10.2 Å². The van der Waals surface area contributed by atoms with Crippen molar-refractivity contribution in [2.75, 3.05) is 25.2 Å². The molecule has 4 nitrogen and oxygen atoms in total. The second-order valence-electron chi connectivity index (χ2n) is 6.09. The molecule has 118 valence electrons. The van der Waals surface area contributed by atoms with E-state index in [2.05, 4.69) is 21.8 Å². The van der Waals surface area contributed by atoms with Gasteiger partial charge in [0.2, 0.25) is 0 Å². The van der Waals surface area contributed by atoms with Crippen molar-refractivity contribution in [3.8, 4) is 0 Å². The fourth-order valence-corrected chi connectivity index (χ4v) is 3.38. The van der Waals surface area contributed by atoms with Crippen molar-refractivity contribution in [2.45, 2.75) is 32.2 Å². The van der Waals surface area contributed by atoms with E-state index < -0.39 is 0 Å². The molecule has 1 saturated carbocycles. The molecular weight excluding hydrogens is 281 g/mol. The van der Waals surface area contributed by atoms with Gasteiger partial charge < -0.3 is 9.64 Å². The van der Waals surface area contributed by atoms with E-state index in [1.165, 1.54) is 18.8 Å². The Labute approximate surface area is 130 Å². The van der Waals surface area contributed by atoms with Crippen LogP contribution < -0.4 is 4.90 Å². The quantitative estimate of drug-likeness (QED) is 0.848. The van der Waals surface area contributed by atoms with E-state index in [4.69, 9.17) is 4.74 Å². The Bertz CT molecular complexity index is 649. The molecule has 0 saturated heterocycles. The average molecular weight is 303 g/mol. The summed E-state index contributed by atoms with van der Waals surface area (Å²) in [5.41, 5.74) is 0.390. The molecule has 0 radical (unpaired) electrons. The van der Waals surface area contributed by atoms with Crippen LogP contribution in [-0.2, 0) is 4.74 Å². The SMILES string of the molecule is COCCN(c1ncnc2c(F)cccc12)C1CCC(C)C1. The summed E-state index contributed by atoms with van der Waals surface area (Å²) < 4.78 is 19.2. The first kappa shape index (κ1) is 15.2. The van der Waals surface area contributed by atoms with Gasteiger partial charge in [0.1, 0.15) is 23.5 Å². The zero-order chi connectivity index (χ0) is 15.5. The van der Waals surface area contributed by atoms with Gasteiger partial charge in [0, 0.05) is 25.1 Å². The standard InChI is InChI=1S/C17H22FN3O/c1-12-6-7-13(10-12)21(8-9-22-2)17-14-4-3-5-15(18)16(14)19-11-20-17/h3-5,11-13H,6-10H2,1-2H3. The van der Waals surface area contributed by atoms with Gasteiger partial charge in [-0.3, -0.25) is 0 Å². The van der Waals surface area contributed by atoms with Crippen LogP contribution in [0.3, 0.4) is 0 Å². The molecule has 1 aromatic heterocycles. The number of methoxy groups -OCH3 is 1. The molecule has 1 fully saturated rings. The molecule has 3 rings (SSSR count). The number of halogens is 1. The van der Waals surface area contributed by atoms with Crippen LogP contribution in [0.15, 0.2) is 24.5 Å². The lowest BCUT2D eigenvalue weighted by Crippen LogP contribution is -2.37. The van der Waals surface area contributed by atoms with Crippen LogP contribution in [-0.4, -0.2) is 36.3 Å². The van der Waals surface area contributed by atoms with Crippen molar-refractivity contribution in [1.29, 1.82) is 0 Å². The minimum Gasteiger partial charge on any atom is -0.383 e. The largest absolute Gasteiger partial charge is 0.383 e. The van der Waals surface area contributed by atoms with E-state index in [9.17, 15) is 4.39 Å². The summed E-state index contributed by atoms with van der Waals surface area (Å²) in [6.45, 7) is 3.68. The van der Waals surface area contributed by atoms with Gasteiger partial charge in [0.05, 0.1) is 6.61 Å². The number of hydrogen-bond donors (Lipinski definition) is 0. The first-order valence-corrected chi connectivity index (χ1v) is 7.85. The number of para-hydroxylation sites is 1. The van der Waals surface area contributed by atoms with Gasteiger partial charge in [-0.25, -0.2) is 14.4 Å². The topological polar surface area (TPSA) is 38.2 Å². The highest BCUT2D eigenvalue weighted by molar-refractivity contribution is 5.89. The smallest absolute Gasteiger partial charge is 0.149 e. The second-order valence-corrected chi connectivity index (χ2v) is 6.09. The summed E-state index contributed by atoms with van der Waals surface area (Å²) in [5, 5.41) is 0.776. The molecule has 0 bridgehead atoms. The van der Waals surface area contributed by atoms with Gasteiger partial charge in [-0.15, -0.1) is 0 Å². The normalized spacial score (nSPS) is 21.4. The predicted molar refractivity (Wildman–Crippen MR) is 85.5 cm³/mol. The molecule has 0 spiro atoms. The van der Waals surface area contributed by atoms with Gasteiger partial charge in [-0.05, 0) is 37.3 Å². The molecule has 5 heteroatoms. The lowest BCUT2D eigenvalue weighted by atomic mass is 10.1. The molecule has 0 N–H and O–H groups in total. The molecule has 1 aromatic carbocycles. The van der Waals surface area contributed by atoms with Gasteiger partial charge >= 0.3 is 0 Å². The lowest BCUT2D eigenvalue weighted by molar-refractivity contribution is 0.203. The van der Waals surface area contributed by atoms with Crippen molar-refractivity contribution >= 4 is 16.7 Å². The Morgan fingerprint density at radius 1 is 1.32 bits per heavy atom. The van der Waals surface area contributed by atoms with Crippen molar-refractivity contribution in [3.63, 3.8) is 0 Å². The summed E-state index contributed by atoms with van der Waals surface area (Å²) in [5.74, 6) is 1.24. The van der Waals surface area contributed by atoms with E-state index >= 15 is 0 Å². The van der Waals surface area contributed by atoms with E-state index in [1.807, 2.05) is 6.07 Å². The van der Waals surface area contributed by atoms with Crippen molar-refractivity contribution in [1.82, 2.24) is 9.97 Å². The van der Waals surface area contributed by atoms with E-state index in [0.717, 1.165) is 36.5 Å². The van der Waals surface area contributed by atoms with Crippen molar-refractivity contribution in [2.24, 2.45) is 5.92 Å². The highest BCUT2D eigenvalue weighted by Crippen LogP contribution is 2.33. The van der Waals surface area contributed by atoms with Crippen LogP contribution >= 0.6 is 0 Å². The zero-order valence-corrected chi connectivity index (χ0v) is 13.1. The van der Waals surface area contributed by atoms with E-state index in [1.54, 1.807) is 13.2 Å². The van der Waals surface area contributed by atoms with Gasteiger partial charge in [-0.1, -0.05) is 13.0 Å². The molecule has 2 aromatic rings. The third kappa shape index (κ3) is 2.90. The highest BCUT2D eigenvalue weighted by atomic mass is 19.1. The average Bonchev–Trinajstić information content (AvgIpc) is 2.95. The number of anilines is 1. The third-order valence-electron chi connectivity index (χ3n) is 4.51. The summed E-state index contributed by atoms with van der Waals surface area (Å²) in [6.07, 6.45) is 4.97. The minimum atomic E-state index is -0.298. The Balaban J connectivity index is 2.02. The number of benzene rings is 1. The van der Waals surface area contributed by atoms with Crippen LogP contribution in [0.2, 0.25) is 0 Å². The van der Waals surface area contributed by atoms with E-state index in [-0.39, 0.29) is 5.82 Å². The molecular formula is C17H22FN3O. The van der Waals surface area contributed by atoms with Crippen LogP contribution in [0.25, 0.3) is 10.9 Å². The third-order valence-corrected chi connectivity index (χ3v) is 4.51. The number of hydrogen-bond acceptors (Lipinski definition) is 4. The Morgan fingerprint density at radius 2 is 2.18 bits per heavy atom.